The molecule has 0 saturated carbocycles. The van der Waals surface area contributed by atoms with Gasteiger partial charge < -0.3 is 10.7 Å². The van der Waals surface area contributed by atoms with Crippen LogP contribution < -0.4 is 5.73 Å². The van der Waals surface area contributed by atoms with Gasteiger partial charge in [0, 0.05) is 22.7 Å². The monoisotopic (exact) mass is 219 g/mol. The van der Waals surface area contributed by atoms with Crippen LogP contribution in [0.25, 0.3) is 22.2 Å². The van der Waals surface area contributed by atoms with Crippen molar-refractivity contribution in [1.29, 1.82) is 0 Å². The molecule has 2 aliphatic rings. The molecule has 0 amide bonds. The first-order valence-corrected chi connectivity index (χ1v) is 4.47. The Labute approximate surface area is 93.1 Å². The van der Waals surface area contributed by atoms with Crippen LogP contribution >= 0.6 is 12.4 Å². The first-order valence-electron chi connectivity index (χ1n) is 4.47. The van der Waals surface area contributed by atoms with Gasteiger partial charge in [0.1, 0.15) is 5.82 Å². The predicted molar refractivity (Wildman–Crippen MR) is 64.4 cm³/mol. The summed E-state index contributed by atoms with van der Waals surface area (Å²) in [4.78, 5) is 7.46. The number of hydrogen-bond acceptors (Lipinski definition) is 2. The molecular formula is C11H10ClN3. The molecule has 0 unspecified atom stereocenters. The average molecular weight is 220 g/mol. The largest absolute Gasteiger partial charge is 0.385 e. The quantitative estimate of drug-likeness (QED) is 0.611. The predicted octanol–water partition coefficient (Wildman–Crippen LogP) is 2.67. The van der Waals surface area contributed by atoms with Gasteiger partial charge in [-0.1, -0.05) is 18.2 Å². The number of anilines is 1. The second kappa shape index (κ2) is 3.44. The van der Waals surface area contributed by atoms with Crippen molar-refractivity contribution in [2.75, 3.05) is 5.73 Å². The van der Waals surface area contributed by atoms with Crippen LogP contribution in [0.15, 0.2) is 36.5 Å². The van der Waals surface area contributed by atoms with Crippen LogP contribution in [0.4, 0.5) is 5.82 Å². The number of halogens is 1. The molecule has 0 atom stereocenters. The normalized spacial score (nSPS) is 10.4. The molecule has 1 aromatic rings. The highest BCUT2D eigenvalue weighted by Gasteiger charge is 2.11. The summed E-state index contributed by atoms with van der Waals surface area (Å²) >= 11 is 0. The van der Waals surface area contributed by atoms with Crippen molar-refractivity contribution < 1.29 is 0 Å². The lowest BCUT2D eigenvalue weighted by Crippen LogP contribution is -1.95. The second-order valence-electron chi connectivity index (χ2n) is 3.29. The van der Waals surface area contributed by atoms with Gasteiger partial charge >= 0.3 is 0 Å². The molecule has 0 fully saturated rings. The van der Waals surface area contributed by atoms with Crippen molar-refractivity contribution in [3.05, 3.63) is 36.5 Å². The number of pyridine rings is 1. The van der Waals surface area contributed by atoms with Gasteiger partial charge in [-0.05, 0) is 12.1 Å². The van der Waals surface area contributed by atoms with E-state index in [-0.39, 0.29) is 12.4 Å². The molecule has 0 bridgehead atoms. The summed E-state index contributed by atoms with van der Waals surface area (Å²) in [5.74, 6) is 0.677. The minimum atomic E-state index is 0. The summed E-state index contributed by atoms with van der Waals surface area (Å²) in [6, 6.07) is 9.95. The van der Waals surface area contributed by atoms with E-state index in [2.05, 4.69) is 9.97 Å². The van der Waals surface area contributed by atoms with Gasteiger partial charge in [-0.25, -0.2) is 0 Å². The molecule has 15 heavy (non-hydrogen) atoms. The topological polar surface area (TPSA) is 54.7 Å². The Morgan fingerprint density at radius 3 is 2.80 bits per heavy atom. The van der Waals surface area contributed by atoms with E-state index in [0.29, 0.717) is 5.82 Å². The number of nitrogens with zero attached hydrogens (tertiary/aromatic N) is 1. The Morgan fingerprint density at radius 2 is 1.93 bits per heavy atom. The third kappa shape index (κ3) is 1.32. The van der Waals surface area contributed by atoms with E-state index in [0.717, 1.165) is 22.2 Å². The van der Waals surface area contributed by atoms with Crippen LogP contribution in [0.1, 0.15) is 0 Å². The first kappa shape index (κ1) is 9.80. The second-order valence-corrected chi connectivity index (χ2v) is 3.29. The zero-order valence-corrected chi connectivity index (χ0v) is 8.71. The number of nitrogens with two attached hydrogens (primary N) is 1. The maximum Gasteiger partial charge on any atom is 0.110 e. The molecule has 2 heterocycles. The van der Waals surface area contributed by atoms with Gasteiger partial charge in [0.2, 0.25) is 0 Å². The zero-order chi connectivity index (χ0) is 9.54. The molecule has 0 aliphatic carbocycles. The van der Waals surface area contributed by atoms with E-state index in [1.165, 1.54) is 0 Å². The number of fused-ring (bicyclic) bond motifs is 3. The summed E-state index contributed by atoms with van der Waals surface area (Å²) in [7, 11) is 0. The maximum atomic E-state index is 5.87. The molecule has 0 spiro atoms. The molecule has 4 heteroatoms. The fraction of sp³-hybridized carbons (Fsp3) is 0. The third-order valence-corrected chi connectivity index (χ3v) is 2.44. The number of aromatic nitrogens is 2. The number of aromatic amines is 1. The van der Waals surface area contributed by atoms with Crippen LogP contribution in [-0.2, 0) is 0 Å². The van der Waals surface area contributed by atoms with Gasteiger partial charge in [-0.3, -0.25) is 4.98 Å². The van der Waals surface area contributed by atoms with Crippen molar-refractivity contribution in [3.8, 4) is 11.3 Å². The van der Waals surface area contributed by atoms with Crippen LogP contribution in [0.3, 0.4) is 0 Å². The lowest BCUT2D eigenvalue weighted by atomic mass is 10.1. The number of nitrogens with one attached hydrogen (secondary N) is 1. The van der Waals surface area contributed by atoms with E-state index in [9.17, 15) is 0 Å². The molecule has 0 radical (unpaired) electrons. The van der Waals surface area contributed by atoms with Crippen LogP contribution in [0, 0.1) is 0 Å². The number of H-pyrrole nitrogens is 1. The van der Waals surface area contributed by atoms with Gasteiger partial charge in [0.25, 0.3) is 0 Å². The summed E-state index contributed by atoms with van der Waals surface area (Å²) in [6.07, 6.45) is 1.78. The highest BCUT2D eigenvalue weighted by atomic mass is 35.5. The van der Waals surface area contributed by atoms with Gasteiger partial charge in [-0.2, -0.15) is 0 Å². The van der Waals surface area contributed by atoms with Crippen LogP contribution in [-0.4, -0.2) is 9.97 Å². The number of rotatable bonds is 0. The van der Waals surface area contributed by atoms with E-state index >= 15 is 0 Å². The molecular weight excluding hydrogens is 210 g/mol. The smallest absolute Gasteiger partial charge is 0.110 e. The minimum absolute atomic E-state index is 0. The molecule has 0 saturated heterocycles. The van der Waals surface area contributed by atoms with Gasteiger partial charge in [0.15, 0.2) is 0 Å². The Balaban J connectivity index is 0.000000853. The van der Waals surface area contributed by atoms with E-state index in [1.807, 2.05) is 30.3 Å². The van der Waals surface area contributed by atoms with Gasteiger partial charge in [0.05, 0.1) is 5.69 Å². The molecule has 3 nitrogen and oxygen atoms in total. The average Bonchev–Trinajstić information content (AvgIpc) is 2.67. The van der Waals surface area contributed by atoms with Crippen molar-refractivity contribution in [3.63, 3.8) is 0 Å². The fourth-order valence-electron chi connectivity index (χ4n) is 1.78. The summed E-state index contributed by atoms with van der Waals surface area (Å²) in [5, 5.41) is 1.11. The lowest BCUT2D eigenvalue weighted by Gasteiger charge is -2.07. The van der Waals surface area contributed by atoms with Gasteiger partial charge in [-0.15, -0.1) is 12.4 Å². The van der Waals surface area contributed by atoms with E-state index in [4.69, 9.17) is 5.73 Å². The Kier molecular flexibility index (Phi) is 2.25. The number of benzene rings is 1. The van der Waals surface area contributed by atoms with Crippen molar-refractivity contribution >= 4 is 29.1 Å². The molecule has 0 aromatic heterocycles. The summed E-state index contributed by atoms with van der Waals surface area (Å²) in [5.41, 5.74) is 8.85. The van der Waals surface area contributed by atoms with E-state index < -0.39 is 0 Å². The standard InChI is InChI=1S/C11H9N3.ClH/c12-11-8-5-6-13-10(8)7-3-1-2-4-9(7)14-11;/h1-6,14H,12H2;1H. The Morgan fingerprint density at radius 1 is 1.13 bits per heavy atom. The molecule has 76 valence electrons. The molecule has 2 aliphatic heterocycles. The van der Waals surface area contributed by atoms with Crippen LogP contribution in [0.2, 0.25) is 0 Å². The molecule has 3 rings (SSSR count). The van der Waals surface area contributed by atoms with Crippen molar-refractivity contribution in [2.45, 2.75) is 0 Å². The fourth-order valence-corrected chi connectivity index (χ4v) is 1.78. The van der Waals surface area contributed by atoms with Crippen LogP contribution in [0.5, 0.6) is 0 Å². The number of nitrogen functional groups attached to an aromatic ring is 1. The third-order valence-electron chi connectivity index (χ3n) is 2.44. The molecule has 3 N–H and O–H groups in total. The highest BCUT2D eigenvalue weighted by molar-refractivity contribution is 5.97. The number of hydrogen-bond donors (Lipinski definition) is 2. The van der Waals surface area contributed by atoms with E-state index in [1.54, 1.807) is 6.20 Å². The Hall–Kier alpha value is -1.74. The zero-order valence-electron chi connectivity index (χ0n) is 7.90. The van der Waals surface area contributed by atoms with Crippen molar-refractivity contribution in [2.24, 2.45) is 0 Å². The highest BCUT2D eigenvalue weighted by Crippen LogP contribution is 2.31. The lowest BCUT2D eigenvalue weighted by molar-refractivity contribution is 1.37. The Bertz CT molecular complexity index is 573. The minimum Gasteiger partial charge on any atom is -0.385 e. The van der Waals surface area contributed by atoms with Crippen molar-refractivity contribution in [1.82, 2.24) is 9.97 Å². The maximum absolute atomic E-state index is 5.87. The first-order chi connectivity index (χ1) is 6.86. The summed E-state index contributed by atoms with van der Waals surface area (Å²) in [6.45, 7) is 0. The summed E-state index contributed by atoms with van der Waals surface area (Å²) < 4.78 is 0. The number of para-hydroxylation sites is 1. The SMILES string of the molecule is Cl.Nc1[nH]c2ccccc2c2nccc1-2. The molecule has 1 aromatic carbocycles.